The molecule has 0 amide bonds. The van der Waals surface area contributed by atoms with Crippen LogP contribution >= 0.6 is 0 Å². The summed E-state index contributed by atoms with van der Waals surface area (Å²) >= 11 is 0. The second-order valence-electron chi connectivity index (χ2n) is 4.81. The first-order chi connectivity index (χ1) is 5.45. The third kappa shape index (κ3) is 0.891. The summed E-state index contributed by atoms with van der Waals surface area (Å²) in [5.41, 5.74) is 0.0956. The first-order valence-electron chi connectivity index (χ1n) is 4.46. The Bertz CT molecular complexity index is 241. The van der Waals surface area contributed by atoms with Crippen molar-refractivity contribution in [3.05, 3.63) is 0 Å². The molecule has 1 saturated heterocycles. The molecule has 2 N–H and O–H groups in total. The quantitative estimate of drug-likeness (QED) is 0.615. The lowest BCUT2D eigenvalue weighted by molar-refractivity contribution is -0.142. The number of carboxylic acids is 1. The van der Waals surface area contributed by atoms with Crippen molar-refractivity contribution in [1.82, 2.24) is 5.32 Å². The number of rotatable bonds is 1. The summed E-state index contributed by atoms with van der Waals surface area (Å²) in [5, 5.41) is 12.2. The highest BCUT2D eigenvalue weighted by atomic mass is 16.4. The van der Waals surface area contributed by atoms with Crippen molar-refractivity contribution in [2.45, 2.75) is 44.7 Å². The van der Waals surface area contributed by atoms with Crippen LogP contribution in [0.4, 0.5) is 0 Å². The minimum atomic E-state index is -0.694. The van der Waals surface area contributed by atoms with E-state index in [0.29, 0.717) is 0 Å². The van der Waals surface area contributed by atoms with Gasteiger partial charge in [0.1, 0.15) is 6.04 Å². The van der Waals surface area contributed by atoms with Crippen molar-refractivity contribution < 1.29 is 9.90 Å². The van der Waals surface area contributed by atoms with Gasteiger partial charge in [-0.05, 0) is 31.6 Å². The van der Waals surface area contributed by atoms with E-state index in [1.54, 1.807) is 0 Å². The summed E-state index contributed by atoms with van der Waals surface area (Å²) in [7, 11) is 0. The molecule has 2 rings (SSSR count). The van der Waals surface area contributed by atoms with E-state index in [1.807, 2.05) is 0 Å². The van der Waals surface area contributed by atoms with Crippen molar-refractivity contribution in [2.24, 2.45) is 5.41 Å². The van der Waals surface area contributed by atoms with Gasteiger partial charge in [0.2, 0.25) is 0 Å². The molecule has 0 unspecified atom stereocenters. The van der Waals surface area contributed by atoms with E-state index in [2.05, 4.69) is 19.2 Å². The molecule has 3 nitrogen and oxygen atoms in total. The summed E-state index contributed by atoms with van der Waals surface area (Å²) in [6.07, 6.45) is 3.18. The molecule has 0 spiro atoms. The van der Waals surface area contributed by atoms with Crippen LogP contribution < -0.4 is 5.32 Å². The maximum absolute atomic E-state index is 10.9. The van der Waals surface area contributed by atoms with Gasteiger partial charge in [0.25, 0.3) is 0 Å². The fraction of sp³-hybridized carbons (Fsp3) is 0.889. The topological polar surface area (TPSA) is 49.3 Å². The summed E-state index contributed by atoms with van der Waals surface area (Å²) in [6, 6.07) is -0.323. The van der Waals surface area contributed by atoms with Gasteiger partial charge in [-0.15, -0.1) is 0 Å². The highest BCUT2D eigenvalue weighted by molar-refractivity contribution is 5.75. The van der Waals surface area contributed by atoms with Gasteiger partial charge in [-0.1, -0.05) is 6.92 Å². The molecule has 2 bridgehead atoms. The third-order valence-electron chi connectivity index (χ3n) is 3.48. The zero-order valence-corrected chi connectivity index (χ0v) is 7.55. The maximum Gasteiger partial charge on any atom is 0.321 e. The minimum Gasteiger partial charge on any atom is -0.480 e. The normalized spacial score (nSPS) is 51.3. The van der Waals surface area contributed by atoms with Gasteiger partial charge in [0.05, 0.1) is 0 Å². The average molecular weight is 169 g/mol. The van der Waals surface area contributed by atoms with Gasteiger partial charge in [-0.3, -0.25) is 10.1 Å². The highest BCUT2D eigenvalue weighted by Gasteiger charge is 2.57. The van der Waals surface area contributed by atoms with E-state index in [9.17, 15) is 4.79 Å². The zero-order chi connectivity index (χ0) is 8.98. The number of hydrogen-bond donors (Lipinski definition) is 2. The van der Waals surface area contributed by atoms with Crippen LogP contribution in [0.3, 0.4) is 0 Å². The van der Waals surface area contributed by atoms with E-state index in [1.165, 1.54) is 0 Å². The summed E-state index contributed by atoms with van der Waals surface area (Å²) < 4.78 is 0. The Morgan fingerprint density at radius 2 is 2.17 bits per heavy atom. The van der Waals surface area contributed by atoms with Crippen LogP contribution in [0.2, 0.25) is 0 Å². The lowest BCUT2D eigenvalue weighted by Crippen LogP contribution is -2.50. The molecule has 2 aliphatic rings. The maximum atomic E-state index is 10.9. The Labute approximate surface area is 72.2 Å². The summed E-state index contributed by atoms with van der Waals surface area (Å²) in [5.74, 6) is -0.694. The monoisotopic (exact) mass is 169 g/mol. The molecule has 1 aliphatic heterocycles. The molecule has 0 radical (unpaired) electrons. The van der Waals surface area contributed by atoms with E-state index in [0.717, 1.165) is 19.3 Å². The second kappa shape index (κ2) is 2.02. The summed E-state index contributed by atoms with van der Waals surface area (Å²) in [6.45, 7) is 4.21. The molecule has 0 aromatic heterocycles. The van der Waals surface area contributed by atoms with Crippen LogP contribution in [0.5, 0.6) is 0 Å². The van der Waals surface area contributed by atoms with E-state index in [-0.39, 0.29) is 17.0 Å². The first-order valence-corrected chi connectivity index (χ1v) is 4.46. The van der Waals surface area contributed by atoms with Crippen molar-refractivity contribution in [3.63, 3.8) is 0 Å². The molecular weight excluding hydrogens is 154 g/mol. The van der Waals surface area contributed by atoms with Gasteiger partial charge >= 0.3 is 5.97 Å². The number of nitrogens with one attached hydrogen (secondary N) is 1. The third-order valence-corrected chi connectivity index (χ3v) is 3.48. The molecule has 2 fully saturated rings. The van der Waals surface area contributed by atoms with Crippen LogP contribution in [-0.4, -0.2) is 22.7 Å². The van der Waals surface area contributed by atoms with Crippen LogP contribution in [-0.2, 0) is 4.79 Å². The SMILES string of the molecule is C[C@@]12CC[C@](C)(C1)[C@H](C(=O)O)N2. The Morgan fingerprint density at radius 3 is 2.42 bits per heavy atom. The largest absolute Gasteiger partial charge is 0.480 e. The van der Waals surface area contributed by atoms with Crippen LogP contribution in [0, 0.1) is 5.41 Å². The van der Waals surface area contributed by atoms with Gasteiger partial charge in [-0.25, -0.2) is 0 Å². The number of piperidine rings is 1. The number of hydrogen-bond acceptors (Lipinski definition) is 2. The van der Waals surface area contributed by atoms with Crippen molar-refractivity contribution >= 4 is 5.97 Å². The van der Waals surface area contributed by atoms with Crippen LogP contribution in [0.1, 0.15) is 33.1 Å². The molecule has 1 saturated carbocycles. The van der Waals surface area contributed by atoms with E-state index < -0.39 is 5.97 Å². The molecule has 1 aliphatic carbocycles. The Morgan fingerprint density at radius 1 is 1.50 bits per heavy atom. The molecular formula is C9H15NO2. The average Bonchev–Trinajstić information content (AvgIpc) is 2.36. The number of fused-ring (bicyclic) bond motifs is 2. The second-order valence-corrected chi connectivity index (χ2v) is 4.81. The Balaban J connectivity index is 2.28. The molecule has 3 heteroatoms. The van der Waals surface area contributed by atoms with Gasteiger partial charge < -0.3 is 5.11 Å². The molecule has 0 aromatic rings. The smallest absolute Gasteiger partial charge is 0.321 e. The summed E-state index contributed by atoms with van der Waals surface area (Å²) in [4.78, 5) is 10.9. The Hall–Kier alpha value is -0.570. The van der Waals surface area contributed by atoms with E-state index in [4.69, 9.17) is 5.11 Å². The van der Waals surface area contributed by atoms with Gasteiger partial charge in [0, 0.05) is 5.54 Å². The van der Waals surface area contributed by atoms with E-state index >= 15 is 0 Å². The predicted molar refractivity (Wildman–Crippen MR) is 44.9 cm³/mol. The van der Waals surface area contributed by atoms with Crippen LogP contribution in [0.25, 0.3) is 0 Å². The lowest BCUT2D eigenvalue weighted by Gasteiger charge is -2.30. The molecule has 1 heterocycles. The Kier molecular flexibility index (Phi) is 1.35. The molecule has 12 heavy (non-hydrogen) atoms. The zero-order valence-electron chi connectivity index (χ0n) is 7.55. The van der Waals surface area contributed by atoms with Gasteiger partial charge in [-0.2, -0.15) is 0 Å². The van der Waals surface area contributed by atoms with Crippen molar-refractivity contribution in [1.29, 1.82) is 0 Å². The minimum absolute atomic E-state index is 0.000579. The fourth-order valence-corrected chi connectivity index (χ4v) is 2.88. The first kappa shape index (κ1) is 8.05. The highest BCUT2D eigenvalue weighted by Crippen LogP contribution is 2.52. The van der Waals surface area contributed by atoms with Crippen LogP contribution in [0.15, 0.2) is 0 Å². The number of carboxylic acid groups (broad SMARTS) is 1. The lowest BCUT2D eigenvalue weighted by atomic mass is 9.82. The van der Waals surface area contributed by atoms with Gasteiger partial charge in [0.15, 0.2) is 0 Å². The molecule has 68 valence electrons. The molecule has 0 aromatic carbocycles. The molecule has 3 atom stereocenters. The van der Waals surface area contributed by atoms with Crippen molar-refractivity contribution in [2.75, 3.05) is 0 Å². The number of aliphatic carboxylic acids is 1. The predicted octanol–water partition coefficient (Wildman–Crippen LogP) is 0.992. The van der Waals surface area contributed by atoms with Crippen molar-refractivity contribution in [3.8, 4) is 0 Å². The number of carbonyl (C=O) groups is 1. The fourth-order valence-electron chi connectivity index (χ4n) is 2.88. The standard InChI is InChI=1S/C9H15NO2/c1-8-3-4-9(2,5-8)10-6(8)7(11)12/h6,10H,3-5H2,1-2H3,(H,11,12)/t6-,8+,9+/m0/s1.